The summed E-state index contributed by atoms with van der Waals surface area (Å²) in [4.78, 5) is 18.6. The fourth-order valence-corrected chi connectivity index (χ4v) is 5.05. The Kier molecular flexibility index (Phi) is 6.79. The van der Waals surface area contributed by atoms with Gasteiger partial charge in [0.05, 0.1) is 12.6 Å². The SMILES string of the molecule is O=C(CNCCN1CCCC1)N1CCc2sccc2C1COc1ccc(F)cc1. The number of benzene rings is 1. The fourth-order valence-electron chi connectivity index (χ4n) is 4.12. The van der Waals surface area contributed by atoms with Crippen LogP contribution >= 0.6 is 11.3 Å². The Morgan fingerprint density at radius 1 is 1.17 bits per heavy atom. The average Bonchev–Trinajstić information content (AvgIpc) is 3.42. The molecular formula is C22H28FN3O2S. The van der Waals surface area contributed by atoms with Gasteiger partial charge in [-0.15, -0.1) is 11.3 Å². The lowest BCUT2D eigenvalue weighted by atomic mass is 10.0. The van der Waals surface area contributed by atoms with Crippen LogP contribution in [0.15, 0.2) is 35.7 Å². The summed E-state index contributed by atoms with van der Waals surface area (Å²) < 4.78 is 19.1. The van der Waals surface area contributed by atoms with Gasteiger partial charge in [-0.1, -0.05) is 0 Å². The van der Waals surface area contributed by atoms with E-state index in [0.717, 1.165) is 19.5 Å². The molecule has 1 fully saturated rings. The number of thiophene rings is 1. The van der Waals surface area contributed by atoms with Crippen molar-refractivity contribution in [2.24, 2.45) is 0 Å². The van der Waals surface area contributed by atoms with Crippen molar-refractivity contribution in [2.45, 2.75) is 25.3 Å². The number of rotatable bonds is 8. The van der Waals surface area contributed by atoms with Crippen molar-refractivity contribution in [1.82, 2.24) is 15.1 Å². The van der Waals surface area contributed by atoms with Gasteiger partial charge in [0.15, 0.2) is 0 Å². The van der Waals surface area contributed by atoms with Gasteiger partial charge in [-0.25, -0.2) is 4.39 Å². The molecule has 0 spiro atoms. The van der Waals surface area contributed by atoms with E-state index >= 15 is 0 Å². The van der Waals surface area contributed by atoms with E-state index in [0.29, 0.717) is 25.4 Å². The van der Waals surface area contributed by atoms with E-state index in [4.69, 9.17) is 4.74 Å². The molecule has 2 aliphatic rings. The van der Waals surface area contributed by atoms with E-state index in [-0.39, 0.29) is 17.8 Å². The van der Waals surface area contributed by atoms with Gasteiger partial charge in [0, 0.05) is 24.5 Å². The van der Waals surface area contributed by atoms with Crippen molar-refractivity contribution in [1.29, 1.82) is 0 Å². The smallest absolute Gasteiger partial charge is 0.237 e. The highest BCUT2D eigenvalue weighted by molar-refractivity contribution is 7.10. The third-order valence-electron chi connectivity index (χ3n) is 5.72. The third kappa shape index (κ3) is 5.15. The van der Waals surface area contributed by atoms with Gasteiger partial charge in [-0.3, -0.25) is 4.79 Å². The van der Waals surface area contributed by atoms with E-state index < -0.39 is 0 Å². The first-order valence-electron chi connectivity index (χ1n) is 10.4. The quantitative estimate of drug-likeness (QED) is 0.671. The predicted octanol–water partition coefficient (Wildman–Crippen LogP) is 3.08. The highest BCUT2D eigenvalue weighted by atomic mass is 32.1. The number of fused-ring (bicyclic) bond motifs is 1. The average molecular weight is 418 g/mol. The lowest BCUT2D eigenvalue weighted by molar-refractivity contribution is -0.133. The number of ether oxygens (including phenoxy) is 1. The number of carbonyl (C=O) groups excluding carboxylic acids is 1. The molecule has 3 heterocycles. The van der Waals surface area contributed by atoms with Crippen molar-refractivity contribution in [3.63, 3.8) is 0 Å². The topological polar surface area (TPSA) is 44.8 Å². The first-order chi connectivity index (χ1) is 14.2. The number of nitrogens with zero attached hydrogens (tertiary/aromatic N) is 2. The summed E-state index contributed by atoms with van der Waals surface area (Å²) in [5.74, 6) is 0.438. The number of carbonyl (C=O) groups is 1. The number of likely N-dealkylation sites (tertiary alicyclic amines) is 1. The van der Waals surface area contributed by atoms with Crippen LogP contribution in [0.25, 0.3) is 0 Å². The lowest BCUT2D eigenvalue weighted by Gasteiger charge is -2.36. The number of amides is 1. The molecule has 1 saturated heterocycles. The van der Waals surface area contributed by atoms with Crippen molar-refractivity contribution >= 4 is 17.2 Å². The molecule has 0 radical (unpaired) electrons. The van der Waals surface area contributed by atoms with Crippen LogP contribution in [0.4, 0.5) is 4.39 Å². The Bertz CT molecular complexity index is 805. The summed E-state index contributed by atoms with van der Waals surface area (Å²) in [6.45, 7) is 5.60. The molecular weight excluding hydrogens is 389 g/mol. The van der Waals surface area contributed by atoms with E-state index in [1.54, 1.807) is 23.5 Å². The van der Waals surface area contributed by atoms with Crippen molar-refractivity contribution in [2.75, 3.05) is 45.9 Å². The molecule has 1 atom stereocenters. The molecule has 1 aromatic carbocycles. The van der Waals surface area contributed by atoms with Crippen LogP contribution in [-0.2, 0) is 11.2 Å². The van der Waals surface area contributed by atoms with E-state index in [9.17, 15) is 9.18 Å². The fraction of sp³-hybridized carbons (Fsp3) is 0.500. The molecule has 156 valence electrons. The molecule has 1 amide bonds. The molecule has 0 bridgehead atoms. The Labute approximate surface area is 175 Å². The van der Waals surface area contributed by atoms with Crippen molar-refractivity contribution in [3.05, 3.63) is 52.0 Å². The largest absolute Gasteiger partial charge is 0.491 e. The number of hydrogen-bond acceptors (Lipinski definition) is 5. The Hall–Kier alpha value is -1.96. The Morgan fingerprint density at radius 2 is 1.97 bits per heavy atom. The maximum atomic E-state index is 13.1. The van der Waals surface area contributed by atoms with Crippen LogP contribution in [0.2, 0.25) is 0 Å². The molecule has 0 aliphatic carbocycles. The van der Waals surface area contributed by atoms with Gasteiger partial charge in [-0.05, 0) is 73.6 Å². The minimum atomic E-state index is -0.285. The summed E-state index contributed by atoms with van der Waals surface area (Å²) >= 11 is 1.74. The van der Waals surface area contributed by atoms with E-state index in [2.05, 4.69) is 21.7 Å². The Morgan fingerprint density at radius 3 is 2.76 bits per heavy atom. The second-order valence-electron chi connectivity index (χ2n) is 7.64. The summed E-state index contributed by atoms with van der Waals surface area (Å²) in [5.41, 5.74) is 1.17. The molecule has 0 saturated carbocycles. The predicted molar refractivity (Wildman–Crippen MR) is 113 cm³/mol. The van der Waals surface area contributed by atoms with Gasteiger partial charge in [-0.2, -0.15) is 0 Å². The van der Waals surface area contributed by atoms with Gasteiger partial charge in [0.1, 0.15) is 18.2 Å². The standard InChI is InChI=1S/C22H28FN3O2S/c23-17-3-5-18(6-4-17)28-16-20-19-8-14-29-21(19)7-12-26(20)22(27)15-24-9-13-25-10-1-2-11-25/h3-6,8,14,20,24H,1-2,7,9-13,15-16H2. The first kappa shape index (κ1) is 20.3. The molecule has 7 heteroatoms. The van der Waals surface area contributed by atoms with Gasteiger partial charge in [0.25, 0.3) is 0 Å². The normalized spacial score (nSPS) is 19.3. The van der Waals surface area contributed by atoms with Gasteiger partial charge >= 0.3 is 0 Å². The monoisotopic (exact) mass is 417 g/mol. The van der Waals surface area contributed by atoms with Crippen molar-refractivity contribution < 1.29 is 13.9 Å². The van der Waals surface area contributed by atoms with Crippen LogP contribution < -0.4 is 10.1 Å². The summed E-state index contributed by atoms with van der Waals surface area (Å²) in [6, 6.07) is 8.01. The minimum Gasteiger partial charge on any atom is -0.491 e. The van der Waals surface area contributed by atoms with Crippen LogP contribution in [0, 0.1) is 5.82 Å². The molecule has 1 unspecified atom stereocenters. The second-order valence-corrected chi connectivity index (χ2v) is 8.64. The second kappa shape index (κ2) is 9.69. The maximum Gasteiger partial charge on any atom is 0.237 e. The molecule has 1 N–H and O–H groups in total. The molecule has 2 aliphatic heterocycles. The third-order valence-corrected chi connectivity index (χ3v) is 6.71. The van der Waals surface area contributed by atoms with E-state index in [1.807, 2.05) is 4.90 Å². The summed E-state index contributed by atoms with van der Waals surface area (Å²) in [5, 5.41) is 5.40. The maximum absolute atomic E-state index is 13.1. The molecule has 1 aromatic heterocycles. The highest BCUT2D eigenvalue weighted by Gasteiger charge is 2.32. The van der Waals surface area contributed by atoms with Gasteiger partial charge < -0.3 is 19.9 Å². The number of hydrogen-bond donors (Lipinski definition) is 1. The summed E-state index contributed by atoms with van der Waals surface area (Å²) in [7, 11) is 0. The lowest BCUT2D eigenvalue weighted by Crippen LogP contribution is -2.46. The first-order valence-corrected chi connectivity index (χ1v) is 11.3. The van der Waals surface area contributed by atoms with Crippen molar-refractivity contribution in [3.8, 4) is 5.75 Å². The van der Waals surface area contributed by atoms with Gasteiger partial charge in [0.2, 0.25) is 5.91 Å². The molecule has 4 rings (SSSR count). The summed E-state index contributed by atoms with van der Waals surface area (Å²) in [6.07, 6.45) is 3.45. The zero-order chi connectivity index (χ0) is 20.1. The van der Waals surface area contributed by atoms with Crippen LogP contribution in [0.3, 0.4) is 0 Å². The molecule has 2 aromatic rings. The Balaban J connectivity index is 1.34. The number of nitrogens with one attached hydrogen (secondary N) is 1. The molecule has 29 heavy (non-hydrogen) atoms. The minimum absolute atomic E-state index is 0.107. The zero-order valence-corrected chi connectivity index (χ0v) is 17.4. The zero-order valence-electron chi connectivity index (χ0n) is 16.6. The number of halogens is 1. The molecule has 5 nitrogen and oxygen atoms in total. The highest BCUT2D eigenvalue weighted by Crippen LogP contribution is 2.33. The van der Waals surface area contributed by atoms with E-state index in [1.165, 1.54) is 48.5 Å². The van der Waals surface area contributed by atoms with Crippen LogP contribution in [0.1, 0.15) is 29.3 Å². The van der Waals surface area contributed by atoms with Crippen LogP contribution in [-0.4, -0.2) is 61.6 Å². The van der Waals surface area contributed by atoms with Crippen LogP contribution in [0.5, 0.6) is 5.75 Å².